The van der Waals surface area contributed by atoms with E-state index in [0.29, 0.717) is 48.9 Å². The van der Waals surface area contributed by atoms with Crippen molar-refractivity contribution in [3.63, 3.8) is 0 Å². The summed E-state index contributed by atoms with van der Waals surface area (Å²) in [6.45, 7) is 2.41. The number of amides is 2. The van der Waals surface area contributed by atoms with E-state index in [0.717, 1.165) is 0 Å². The molecule has 2 aromatic carbocycles. The number of benzene rings is 2. The number of ether oxygens (including phenoxy) is 2. The molecule has 2 aliphatic rings. The first-order valence-electron chi connectivity index (χ1n) is 9.94. The largest absolute Gasteiger partial charge is 0.486 e. The number of nitrogens with zero attached hydrogens (tertiary/aromatic N) is 1. The zero-order valence-corrected chi connectivity index (χ0v) is 17.8. The minimum Gasteiger partial charge on any atom is -0.486 e. The van der Waals surface area contributed by atoms with Crippen LogP contribution in [0.15, 0.2) is 47.4 Å². The van der Waals surface area contributed by atoms with Crippen molar-refractivity contribution in [2.75, 3.05) is 30.4 Å². The summed E-state index contributed by atoms with van der Waals surface area (Å²) in [4.78, 5) is 24.2. The molecule has 0 aliphatic carbocycles. The molecule has 2 N–H and O–H groups in total. The molecule has 2 aromatic rings. The molecule has 0 bridgehead atoms. The van der Waals surface area contributed by atoms with Crippen LogP contribution >= 0.6 is 0 Å². The van der Waals surface area contributed by atoms with E-state index in [2.05, 4.69) is 10.6 Å². The summed E-state index contributed by atoms with van der Waals surface area (Å²) in [5.41, 5.74) is 1.01. The quantitative estimate of drug-likeness (QED) is 0.729. The van der Waals surface area contributed by atoms with Gasteiger partial charge < -0.3 is 20.1 Å². The Kier molecular flexibility index (Phi) is 5.84. The zero-order valence-electron chi connectivity index (χ0n) is 17.0. The number of hydrogen-bond donors (Lipinski definition) is 2. The van der Waals surface area contributed by atoms with Crippen molar-refractivity contribution >= 4 is 33.2 Å². The molecule has 10 heteroatoms. The predicted octanol–water partition coefficient (Wildman–Crippen LogP) is 2.21. The van der Waals surface area contributed by atoms with Crippen molar-refractivity contribution < 1.29 is 27.5 Å². The molecule has 9 nitrogen and oxygen atoms in total. The van der Waals surface area contributed by atoms with Crippen LogP contribution in [0.5, 0.6) is 11.5 Å². The second kappa shape index (κ2) is 8.56. The number of rotatable bonds is 5. The van der Waals surface area contributed by atoms with Crippen LogP contribution in [0.2, 0.25) is 0 Å². The summed E-state index contributed by atoms with van der Waals surface area (Å²) in [7, 11) is -3.90. The van der Waals surface area contributed by atoms with Gasteiger partial charge in [0.05, 0.1) is 4.90 Å². The molecule has 2 aliphatic heterocycles. The van der Waals surface area contributed by atoms with E-state index in [1.54, 1.807) is 30.3 Å². The first-order valence-corrected chi connectivity index (χ1v) is 11.4. The first kappa shape index (κ1) is 21.1. The van der Waals surface area contributed by atoms with Gasteiger partial charge in [0.15, 0.2) is 11.5 Å². The number of hydrogen-bond acceptors (Lipinski definition) is 6. The van der Waals surface area contributed by atoms with Crippen LogP contribution in [0, 0.1) is 0 Å². The maximum absolute atomic E-state index is 13.3. The highest BCUT2D eigenvalue weighted by molar-refractivity contribution is 7.89. The summed E-state index contributed by atoms with van der Waals surface area (Å²) >= 11 is 0. The Bertz CT molecular complexity index is 1120. The van der Waals surface area contributed by atoms with Crippen molar-refractivity contribution in [2.24, 2.45) is 0 Å². The summed E-state index contributed by atoms with van der Waals surface area (Å²) in [5.74, 6) is 0.233. The van der Waals surface area contributed by atoms with Crippen molar-refractivity contribution in [3.8, 4) is 11.5 Å². The molecule has 2 amide bonds. The molecule has 1 saturated heterocycles. The molecule has 164 valence electrons. The first-order chi connectivity index (χ1) is 14.8. The lowest BCUT2D eigenvalue weighted by Gasteiger charge is -2.24. The number of carbonyl (C=O) groups is 2. The van der Waals surface area contributed by atoms with Gasteiger partial charge in [-0.25, -0.2) is 8.42 Å². The molecule has 4 rings (SSSR count). The van der Waals surface area contributed by atoms with Crippen molar-refractivity contribution in [3.05, 3.63) is 42.5 Å². The van der Waals surface area contributed by atoms with Gasteiger partial charge in [-0.1, -0.05) is 6.07 Å². The number of nitrogens with one attached hydrogen (secondary N) is 2. The SMILES string of the molecule is CC(=O)Nc1cccc(NC(=O)C2CCCN2S(=O)(=O)c2ccc3c(c2)OCCO3)c1. The van der Waals surface area contributed by atoms with Crippen molar-refractivity contribution in [2.45, 2.75) is 30.7 Å². The van der Waals surface area contributed by atoms with Crippen LogP contribution < -0.4 is 20.1 Å². The molecule has 0 saturated carbocycles. The molecule has 1 atom stereocenters. The average Bonchev–Trinajstić information content (AvgIpc) is 3.24. The molecule has 0 spiro atoms. The second-order valence-electron chi connectivity index (χ2n) is 7.33. The molecule has 0 radical (unpaired) electrons. The number of fused-ring (bicyclic) bond motifs is 1. The minimum atomic E-state index is -3.90. The van der Waals surface area contributed by atoms with E-state index in [1.807, 2.05) is 0 Å². The van der Waals surface area contributed by atoms with Gasteiger partial charge in [-0.05, 0) is 43.2 Å². The Morgan fingerprint density at radius 3 is 2.45 bits per heavy atom. The van der Waals surface area contributed by atoms with Crippen LogP contribution in [-0.2, 0) is 19.6 Å². The van der Waals surface area contributed by atoms with Gasteiger partial charge in [-0.15, -0.1) is 0 Å². The molecule has 1 unspecified atom stereocenters. The smallest absolute Gasteiger partial charge is 0.243 e. The third-order valence-corrected chi connectivity index (χ3v) is 6.98. The minimum absolute atomic E-state index is 0.0594. The van der Waals surface area contributed by atoms with Crippen LogP contribution in [0.1, 0.15) is 19.8 Å². The fourth-order valence-electron chi connectivity index (χ4n) is 3.71. The Morgan fingerprint density at radius 2 is 1.71 bits per heavy atom. The Hall–Kier alpha value is -3.11. The maximum Gasteiger partial charge on any atom is 0.243 e. The number of anilines is 2. The molecule has 0 aromatic heterocycles. The van der Waals surface area contributed by atoms with Crippen LogP contribution in [-0.4, -0.2) is 50.3 Å². The van der Waals surface area contributed by atoms with Crippen LogP contribution in [0.4, 0.5) is 11.4 Å². The predicted molar refractivity (Wildman–Crippen MR) is 114 cm³/mol. The van der Waals surface area contributed by atoms with E-state index in [1.165, 1.54) is 23.4 Å². The summed E-state index contributed by atoms with van der Waals surface area (Å²) in [5, 5.41) is 5.41. The monoisotopic (exact) mass is 445 g/mol. The normalized spacial score (nSPS) is 18.4. The fraction of sp³-hybridized carbons (Fsp3) is 0.333. The van der Waals surface area contributed by atoms with E-state index < -0.39 is 22.0 Å². The average molecular weight is 445 g/mol. The molecular weight excluding hydrogens is 422 g/mol. The highest BCUT2D eigenvalue weighted by Gasteiger charge is 2.40. The second-order valence-corrected chi connectivity index (χ2v) is 9.22. The molecular formula is C21H23N3O6S. The van der Waals surface area contributed by atoms with Gasteiger partial charge in [-0.3, -0.25) is 9.59 Å². The Balaban J connectivity index is 1.53. The summed E-state index contributed by atoms with van der Waals surface area (Å²) in [6.07, 6.45) is 0.995. The van der Waals surface area contributed by atoms with Gasteiger partial charge in [0.25, 0.3) is 0 Å². The van der Waals surface area contributed by atoms with E-state index >= 15 is 0 Å². The van der Waals surface area contributed by atoms with Crippen LogP contribution in [0.3, 0.4) is 0 Å². The van der Waals surface area contributed by atoms with Gasteiger partial charge in [0.1, 0.15) is 19.3 Å². The van der Waals surface area contributed by atoms with Crippen molar-refractivity contribution in [1.82, 2.24) is 4.31 Å². The molecule has 1 fully saturated rings. The lowest BCUT2D eigenvalue weighted by molar-refractivity contribution is -0.119. The maximum atomic E-state index is 13.3. The third-order valence-electron chi connectivity index (χ3n) is 5.08. The summed E-state index contributed by atoms with van der Waals surface area (Å²) < 4.78 is 38.7. The highest BCUT2D eigenvalue weighted by Crippen LogP contribution is 2.35. The lowest BCUT2D eigenvalue weighted by Crippen LogP contribution is -2.43. The highest BCUT2D eigenvalue weighted by atomic mass is 32.2. The van der Waals surface area contributed by atoms with E-state index in [-0.39, 0.29) is 17.3 Å². The standard InChI is InChI=1S/C21H23N3O6S/c1-14(25)22-15-4-2-5-16(12-15)23-21(26)18-6-3-9-24(18)31(27,28)17-7-8-19-20(13-17)30-11-10-29-19/h2,4-5,7-8,12-13,18H,3,6,9-11H2,1H3,(H,22,25)(H,23,26). The lowest BCUT2D eigenvalue weighted by atomic mass is 10.2. The van der Waals surface area contributed by atoms with Gasteiger partial charge >= 0.3 is 0 Å². The molecule has 31 heavy (non-hydrogen) atoms. The Morgan fingerprint density at radius 1 is 1.00 bits per heavy atom. The van der Waals surface area contributed by atoms with Gasteiger partial charge in [-0.2, -0.15) is 4.31 Å². The number of carbonyl (C=O) groups excluding carboxylic acids is 2. The van der Waals surface area contributed by atoms with E-state index in [9.17, 15) is 18.0 Å². The summed E-state index contributed by atoms with van der Waals surface area (Å²) in [6, 6.07) is 10.3. The third kappa shape index (κ3) is 4.49. The van der Waals surface area contributed by atoms with E-state index in [4.69, 9.17) is 9.47 Å². The zero-order chi connectivity index (χ0) is 22.0. The van der Waals surface area contributed by atoms with Crippen molar-refractivity contribution in [1.29, 1.82) is 0 Å². The topological polar surface area (TPSA) is 114 Å². The van der Waals surface area contributed by atoms with Gasteiger partial charge in [0, 0.05) is 30.9 Å². The number of sulfonamides is 1. The van der Waals surface area contributed by atoms with Gasteiger partial charge in [0.2, 0.25) is 21.8 Å². The van der Waals surface area contributed by atoms with Crippen LogP contribution in [0.25, 0.3) is 0 Å². The molecule has 2 heterocycles. The fourth-order valence-corrected chi connectivity index (χ4v) is 5.39. The Labute approximate surface area is 180 Å².